The fourth-order valence-electron chi connectivity index (χ4n) is 2.64. The van der Waals surface area contributed by atoms with Crippen LogP contribution >= 0.6 is 12.4 Å². The van der Waals surface area contributed by atoms with Gasteiger partial charge in [0.25, 0.3) is 5.91 Å². The van der Waals surface area contributed by atoms with Crippen LogP contribution in [0.3, 0.4) is 0 Å². The van der Waals surface area contributed by atoms with Crippen molar-refractivity contribution in [2.45, 2.75) is 32.2 Å². The Morgan fingerprint density at radius 3 is 2.46 bits per heavy atom. The molecular weight excluding hydrogens is 330 g/mol. The molecule has 0 atom stereocenters. The third kappa shape index (κ3) is 4.69. The lowest BCUT2D eigenvalue weighted by Crippen LogP contribution is -2.54. The summed E-state index contributed by atoms with van der Waals surface area (Å²) < 4.78 is 5.26. The van der Waals surface area contributed by atoms with Gasteiger partial charge < -0.3 is 20.7 Å². The zero-order chi connectivity index (χ0) is 16.9. The molecule has 0 spiro atoms. The molecular formula is C17H26ClN3O3. The molecule has 0 radical (unpaired) electrons. The molecule has 134 valence electrons. The molecule has 0 aromatic heterocycles. The van der Waals surface area contributed by atoms with E-state index < -0.39 is 5.54 Å². The molecule has 0 unspecified atom stereocenters. The molecule has 2 rings (SSSR count). The lowest BCUT2D eigenvalue weighted by Gasteiger charge is -2.31. The van der Waals surface area contributed by atoms with Crippen molar-refractivity contribution >= 4 is 29.9 Å². The number of rotatable bonds is 5. The van der Waals surface area contributed by atoms with Crippen molar-refractivity contribution in [1.29, 1.82) is 0 Å². The van der Waals surface area contributed by atoms with Crippen molar-refractivity contribution in [1.82, 2.24) is 4.90 Å². The van der Waals surface area contributed by atoms with Crippen LogP contribution in [-0.2, 0) is 9.53 Å². The van der Waals surface area contributed by atoms with Crippen molar-refractivity contribution in [3.05, 3.63) is 29.8 Å². The molecule has 1 aromatic rings. The van der Waals surface area contributed by atoms with E-state index in [9.17, 15) is 9.59 Å². The predicted octanol–water partition coefficient (Wildman–Crippen LogP) is 2.04. The maximum absolute atomic E-state index is 12.4. The minimum Gasteiger partial charge on any atom is -0.381 e. The summed E-state index contributed by atoms with van der Waals surface area (Å²) in [6, 6.07) is 6.98. The van der Waals surface area contributed by atoms with Gasteiger partial charge in [0, 0.05) is 37.6 Å². The summed E-state index contributed by atoms with van der Waals surface area (Å²) in [6.45, 7) is 6.16. The normalized spacial score (nSPS) is 16.0. The van der Waals surface area contributed by atoms with Crippen LogP contribution in [0.25, 0.3) is 0 Å². The number of nitrogens with zero attached hydrogens (tertiary/aromatic N) is 1. The largest absolute Gasteiger partial charge is 0.381 e. The van der Waals surface area contributed by atoms with Crippen LogP contribution < -0.4 is 11.1 Å². The molecule has 1 fully saturated rings. The molecule has 0 aliphatic carbocycles. The Kier molecular flexibility index (Phi) is 7.66. The van der Waals surface area contributed by atoms with E-state index in [1.807, 2.05) is 13.8 Å². The van der Waals surface area contributed by atoms with Gasteiger partial charge in [-0.1, -0.05) is 6.07 Å². The Bertz CT molecular complexity index is 570. The number of carbonyl (C=O) groups is 2. The summed E-state index contributed by atoms with van der Waals surface area (Å²) in [5.74, 6) is -0.270. The molecule has 1 heterocycles. The molecule has 6 nitrogen and oxygen atoms in total. The first-order valence-electron chi connectivity index (χ1n) is 8.07. The van der Waals surface area contributed by atoms with Gasteiger partial charge in [-0.2, -0.15) is 0 Å². The minimum absolute atomic E-state index is 0. The number of nitrogens with one attached hydrogen (secondary N) is 1. The Morgan fingerprint density at radius 1 is 1.25 bits per heavy atom. The van der Waals surface area contributed by atoms with E-state index in [2.05, 4.69) is 5.32 Å². The van der Waals surface area contributed by atoms with Gasteiger partial charge in [-0.15, -0.1) is 12.4 Å². The first-order valence-corrected chi connectivity index (χ1v) is 8.07. The summed E-state index contributed by atoms with van der Waals surface area (Å²) in [4.78, 5) is 26.6. The van der Waals surface area contributed by atoms with E-state index in [0.717, 1.165) is 0 Å². The van der Waals surface area contributed by atoms with Gasteiger partial charge in [-0.25, -0.2) is 0 Å². The van der Waals surface area contributed by atoms with Crippen LogP contribution in [0.1, 0.15) is 37.0 Å². The van der Waals surface area contributed by atoms with Crippen LogP contribution in [0.5, 0.6) is 0 Å². The van der Waals surface area contributed by atoms with Crippen LogP contribution in [0.2, 0.25) is 0 Å². The Hall–Kier alpha value is -1.63. The van der Waals surface area contributed by atoms with Crippen molar-refractivity contribution < 1.29 is 14.3 Å². The topological polar surface area (TPSA) is 84.7 Å². The van der Waals surface area contributed by atoms with Crippen molar-refractivity contribution in [2.75, 3.05) is 31.6 Å². The van der Waals surface area contributed by atoms with Gasteiger partial charge in [-0.3, -0.25) is 9.59 Å². The van der Waals surface area contributed by atoms with Gasteiger partial charge in [0.2, 0.25) is 5.91 Å². The Balaban J connectivity index is 0.00000288. The fourth-order valence-corrected chi connectivity index (χ4v) is 2.64. The van der Waals surface area contributed by atoms with E-state index >= 15 is 0 Å². The van der Waals surface area contributed by atoms with Gasteiger partial charge in [0.1, 0.15) is 5.54 Å². The quantitative estimate of drug-likeness (QED) is 0.846. The second-order valence-corrected chi connectivity index (χ2v) is 5.78. The summed E-state index contributed by atoms with van der Waals surface area (Å²) in [7, 11) is 0. The van der Waals surface area contributed by atoms with Crippen LogP contribution in [-0.4, -0.2) is 48.6 Å². The highest BCUT2D eigenvalue weighted by Gasteiger charge is 2.35. The molecule has 1 saturated heterocycles. The average molecular weight is 356 g/mol. The van der Waals surface area contributed by atoms with Crippen LogP contribution in [0.4, 0.5) is 5.69 Å². The van der Waals surface area contributed by atoms with E-state index in [1.54, 1.807) is 29.2 Å². The van der Waals surface area contributed by atoms with Crippen LogP contribution in [0.15, 0.2) is 24.3 Å². The standard InChI is InChI=1S/C17H25N3O3.ClH/c1-3-20(4-2)15(21)13-6-5-7-14(12-13)19-16(22)17(18)8-10-23-11-9-17;/h5-7,12H,3-4,8-11,18H2,1-2H3,(H,19,22);1H. The van der Waals surface area contributed by atoms with Gasteiger partial charge >= 0.3 is 0 Å². The van der Waals surface area contributed by atoms with Gasteiger partial charge in [0.15, 0.2) is 0 Å². The first-order chi connectivity index (χ1) is 11.0. The zero-order valence-electron chi connectivity index (χ0n) is 14.2. The number of halogens is 1. The molecule has 0 saturated carbocycles. The predicted molar refractivity (Wildman–Crippen MR) is 96.5 cm³/mol. The van der Waals surface area contributed by atoms with Gasteiger partial charge in [-0.05, 0) is 44.9 Å². The Labute approximate surface area is 149 Å². The molecule has 24 heavy (non-hydrogen) atoms. The molecule has 7 heteroatoms. The molecule has 2 amide bonds. The highest BCUT2D eigenvalue weighted by molar-refractivity contribution is 6.00. The van der Waals surface area contributed by atoms with E-state index in [4.69, 9.17) is 10.5 Å². The number of ether oxygens (including phenoxy) is 1. The number of nitrogens with two attached hydrogens (primary N) is 1. The van der Waals surface area contributed by atoms with E-state index in [1.165, 1.54) is 0 Å². The summed E-state index contributed by atoms with van der Waals surface area (Å²) in [5, 5.41) is 2.83. The second-order valence-electron chi connectivity index (χ2n) is 5.78. The maximum atomic E-state index is 12.4. The molecule has 1 aliphatic rings. The number of carbonyl (C=O) groups excluding carboxylic acids is 2. The van der Waals surface area contributed by atoms with E-state index in [0.29, 0.717) is 50.4 Å². The van der Waals surface area contributed by atoms with Crippen molar-refractivity contribution in [3.8, 4) is 0 Å². The number of hydrogen-bond acceptors (Lipinski definition) is 4. The summed E-state index contributed by atoms with van der Waals surface area (Å²) >= 11 is 0. The highest BCUT2D eigenvalue weighted by Crippen LogP contribution is 2.21. The number of hydrogen-bond donors (Lipinski definition) is 2. The summed E-state index contributed by atoms with van der Waals surface area (Å²) in [5.41, 5.74) is 6.41. The molecule has 1 aliphatic heterocycles. The zero-order valence-corrected chi connectivity index (χ0v) is 15.0. The number of amides is 2. The average Bonchev–Trinajstić information content (AvgIpc) is 2.56. The smallest absolute Gasteiger partial charge is 0.253 e. The first kappa shape index (κ1) is 20.4. The van der Waals surface area contributed by atoms with Crippen molar-refractivity contribution in [3.63, 3.8) is 0 Å². The van der Waals surface area contributed by atoms with E-state index in [-0.39, 0.29) is 24.2 Å². The second kappa shape index (κ2) is 9.01. The van der Waals surface area contributed by atoms with Crippen LogP contribution in [0, 0.1) is 0 Å². The lowest BCUT2D eigenvalue weighted by molar-refractivity contribution is -0.124. The monoisotopic (exact) mass is 355 g/mol. The fraction of sp³-hybridized carbons (Fsp3) is 0.529. The number of benzene rings is 1. The maximum Gasteiger partial charge on any atom is 0.253 e. The summed E-state index contributed by atoms with van der Waals surface area (Å²) in [6.07, 6.45) is 0.994. The molecule has 1 aromatic carbocycles. The lowest BCUT2D eigenvalue weighted by atomic mass is 9.90. The molecule has 3 N–H and O–H groups in total. The van der Waals surface area contributed by atoms with Gasteiger partial charge in [0.05, 0.1) is 0 Å². The Morgan fingerprint density at radius 2 is 1.88 bits per heavy atom. The highest BCUT2D eigenvalue weighted by atomic mass is 35.5. The third-order valence-corrected chi connectivity index (χ3v) is 4.26. The molecule has 0 bridgehead atoms. The SMILES string of the molecule is CCN(CC)C(=O)c1cccc(NC(=O)C2(N)CCOCC2)c1.Cl. The minimum atomic E-state index is -0.906. The van der Waals surface area contributed by atoms with Crippen molar-refractivity contribution in [2.24, 2.45) is 5.73 Å². The number of anilines is 1. The third-order valence-electron chi connectivity index (χ3n) is 4.26.